The van der Waals surface area contributed by atoms with Gasteiger partial charge in [-0.05, 0) is 42.9 Å². The lowest BCUT2D eigenvalue weighted by Gasteiger charge is -2.31. The fourth-order valence-corrected chi connectivity index (χ4v) is 4.86. The van der Waals surface area contributed by atoms with Gasteiger partial charge in [-0.1, -0.05) is 35.9 Å². The number of benzene rings is 2. The molecule has 7 heteroatoms. The maximum absolute atomic E-state index is 13.2. The van der Waals surface area contributed by atoms with Gasteiger partial charge < -0.3 is 19.8 Å². The smallest absolute Gasteiger partial charge is 0.258 e. The number of halogens is 1. The second-order valence-electron chi connectivity index (χ2n) is 8.43. The lowest BCUT2D eigenvalue weighted by atomic mass is 10.00. The third kappa shape index (κ3) is 4.81. The molecule has 0 spiro atoms. The predicted octanol–water partition coefficient (Wildman–Crippen LogP) is 4.34. The normalized spacial score (nSPS) is 20.3. The van der Waals surface area contributed by atoms with Gasteiger partial charge >= 0.3 is 0 Å². The molecule has 1 atom stereocenters. The third-order valence-corrected chi connectivity index (χ3v) is 6.72. The highest BCUT2D eigenvalue weighted by Crippen LogP contribution is 2.37. The lowest BCUT2D eigenvalue weighted by Crippen LogP contribution is -2.36. The molecule has 0 aliphatic carbocycles. The van der Waals surface area contributed by atoms with Crippen LogP contribution in [-0.4, -0.2) is 58.8 Å². The Bertz CT molecular complexity index is 943. The summed E-state index contributed by atoms with van der Waals surface area (Å²) < 4.78 is 5.47. The summed E-state index contributed by atoms with van der Waals surface area (Å²) in [5.74, 6) is -0.768. The SMILES string of the molecule is COC1CCN(Cc2cccc(C3CCCN3C(=O)c3cc(Cl)c(O)cc3O)c2)CC1. The van der Waals surface area contributed by atoms with Gasteiger partial charge in [0, 0.05) is 39.4 Å². The Hall–Kier alpha value is -2.28. The first-order chi connectivity index (χ1) is 15.0. The maximum atomic E-state index is 13.2. The molecule has 2 saturated heterocycles. The largest absolute Gasteiger partial charge is 0.507 e. The number of hydrogen-bond donors (Lipinski definition) is 2. The zero-order valence-electron chi connectivity index (χ0n) is 17.8. The number of hydrogen-bond acceptors (Lipinski definition) is 5. The second-order valence-corrected chi connectivity index (χ2v) is 8.84. The Kier molecular flexibility index (Phi) is 6.70. The summed E-state index contributed by atoms with van der Waals surface area (Å²) in [6.07, 6.45) is 4.25. The average Bonchev–Trinajstić information content (AvgIpc) is 3.26. The molecule has 2 aliphatic heterocycles. The first-order valence-corrected chi connectivity index (χ1v) is 11.2. The van der Waals surface area contributed by atoms with Gasteiger partial charge in [0.2, 0.25) is 0 Å². The van der Waals surface area contributed by atoms with Crippen LogP contribution >= 0.6 is 11.6 Å². The van der Waals surface area contributed by atoms with Crippen molar-refractivity contribution in [2.75, 3.05) is 26.7 Å². The van der Waals surface area contributed by atoms with Crippen molar-refractivity contribution >= 4 is 17.5 Å². The van der Waals surface area contributed by atoms with E-state index in [1.54, 1.807) is 12.0 Å². The molecule has 2 N–H and O–H groups in total. The number of nitrogens with zero attached hydrogens (tertiary/aromatic N) is 2. The lowest BCUT2D eigenvalue weighted by molar-refractivity contribution is 0.0388. The standard InChI is InChI=1S/C24H29ClN2O4/c1-31-18-7-10-26(11-8-18)15-16-4-2-5-17(12-16)21-6-3-9-27(21)24(30)19-13-20(25)23(29)14-22(19)28/h2,4-5,12-14,18,21,28-29H,3,6-11,15H2,1H3. The zero-order valence-corrected chi connectivity index (χ0v) is 18.5. The summed E-state index contributed by atoms with van der Waals surface area (Å²) in [5, 5.41) is 19.9. The van der Waals surface area contributed by atoms with Gasteiger partial charge in [0.05, 0.1) is 22.7 Å². The van der Waals surface area contributed by atoms with E-state index < -0.39 is 0 Å². The fraction of sp³-hybridized carbons (Fsp3) is 0.458. The number of ether oxygens (including phenoxy) is 1. The molecule has 2 aliphatic rings. The highest BCUT2D eigenvalue weighted by atomic mass is 35.5. The third-order valence-electron chi connectivity index (χ3n) is 6.42. The molecule has 6 nitrogen and oxygen atoms in total. The zero-order chi connectivity index (χ0) is 22.0. The summed E-state index contributed by atoms with van der Waals surface area (Å²) in [6, 6.07) is 10.9. The van der Waals surface area contributed by atoms with Crippen LogP contribution in [0.4, 0.5) is 0 Å². The molecule has 0 saturated carbocycles. The highest BCUT2D eigenvalue weighted by Gasteiger charge is 2.32. The minimum atomic E-state index is -0.269. The van der Waals surface area contributed by atoms with E-state index in [9.17, 15) is 15.0 Å². The van der Waals surface area contributed by atoms with E-state index in [4.69, 9.17) is 16.3 Å². The van der Waals surface area contributed by atoms with Crippen molar-refractivity contribution in [2.24, 2.45) is 0 Å². The van der Waals surface area contributed by atoms with Crippen LogP contribution in [0.2, 0.25) is 5.02 Å². The minimum absolute atomic E-state index is 0.0429. The van der Waals surface area contributed by atoms with Gasteiger partial charge in [-0.25, -0.2) is 0 Å². The van der Waals surface area contributed by atoms with Crippen LogP contribution in [0.5, 0.6) is 11.5 Å². The van der Waals surface area contributed by atoms with E-state index in [1.165, 1.54) is 11.6 Å². The summed E-state index contributed by atoms with van der Waals surface area (Å²) in [5.41, 5.74) is 2.47. The van der Waals surface area contributed by atoms with Gasteiger partial charge in [0.25, 0.3) is 5.91 Å². The number of likely N-dealkylation sites (tertiary alicyclic amines) is 2. The molecule has 166 valence electrons. The maximum Gasteiger partial charge on any atom is 0.258 e. The van der Waals surface area contributed by atoms with Crippen molar-refractivity contribution in [3.63, 3.8) is 0 Å². The number of piperidine rings is 1. The number of rotatable bonds is 5. The number of phenols is 2. The van der Waals surface area contributed by atoms with Gasteiger partial charge in [-0.15, -0.1) is 0 Å². The van der Waals surface area contributed by atoms with E-state index in [0.717, 1.165) is 56.9 Å². The number of aromatic hydroxyl groups is 2. The van der Waals surface area contributed by atoms with E-state index in [1.807, 2.05) is 0 Å². The second kappa shape index (κ2) is 9.47. The fourth-order valence-electron chi connectivity index (χ4n) is 4.69. The quantitative estimate of drug-likeness (QED) is 0.717. The Morgan fingerprint density at radius 3 is 2.61 bits per heavy atom. The first kappa shape index (κ1) is 21.9. The van der Waals surface area contributed by atoms with Crippen molar-refractivity contribution < 1.29 is 19.7 Å². The molecule has 0 bridgehead atoms. The summed E-state index contributed by atoms with van der Waals surface area (Å²) >= 11 is 5.98. The number of phenolic OH excluding ortho intramolecular Hbond substituents is 2. The summed E-state index contributed by atoms with van der Waals surface area (Å²) in [6.45, 7) is 3.56. The topological polar surface area (TPSA) is 73.2 Å². The molecule has 1 amide bonds. The highest BCUT2D eigenvalue weighted by molar-refractivity contribution is 6.32. The Labute approximate surface area is 188 Å². The van der Waals surface area contributed by atoms with Crippen LogP contribution in [0, 0.1) is 0 Å². The van der Waals surface area contributed by atoms with Crippen molar-refractivity contribution in [1.82, 2.24) is 9.80 Å². The molecule has 2 heterocycles. The van der Waals surface area contributed by atoms with Crippen LogP contribution in [0.1, 0.15) is 53.2 Å². The van der Waals surface area contributed by atoms with Crippen LogP contribution in [0.3, 0.4) is 0 Å². The molecule has 0 aromatic heterocycles. The molecule has 2 aromatic rings. The Balaban J connectivity index is 1.49. The van der Waals surface area contributed by atoms with Gasteiger partial charge in [-0.3, -0.25) is 9.69 Å². The van der Waals surface area contributed by atoms with Crippen LogP contribution in [-0.2, 0) is 11.3 Å². The van der Waals surface area contributed by atoms with Crippen LogP contribution in [0.25, 0.3) is 0 Å². The first-order valence-electron chi connectivity index (χ1n) is 10.8. The monoisotopic (exact) mass is 444 g/mol. The minimum Gasteiger partial charge on any atom is -0.507 e. The van der Waals surface area contributed by atoms with Crippen LogP contribution < -0.4 is 0 Å². The molecule has 4 rings (SSSR count). The van der Waals surface area contributed by atoms with E-state index in [0.29, 0.717) is 12.6 Å². The van der Waals surface area contributed by atoms with E-state index >= 15 is 0 Å². The number of carbonyl (C=O) groups excluding carboxylic acids is 1. The van der Waals surface area contributed by atoms with Gasteiger partial charge in [-0.2, -0.15) is 0 Å². The van der Waals surface area contributed by atoms with Crippen molar-refractivity contribution in [3.8, 4) is 11.5 Å². The van der Waals surface area contributed by atoms with E-state index in [2.05, 4.69) is 29.2 Å². The average molecular weight is 445 g/mol. The predicted molar refractivity (Wildman–Crippen MR) is 120 cm³/mol. The van der Waals surface area contributed by atoms with Crippen molar-refractivity contribution in [2.45, 2.75) is 44.4 Å². The molecule has 2 aromatic carbocycles. The molecular weight excluding hydrogens is 416 g/mol. The Morgan fingerprint density at radius 1 is 1.10 bits per heavy atom. The molecule has 0 radical (unpaired) electrons. The number of methoxy groups -OCH3 is 1. The molecular formula is C24H29ClN2O4. The van der Waals surface area contributed by atoms with E-state index in [-0.39, 0.29) is 34.0 Å². The summed E-state index contributed by atoms with van der Waals surface area (Å²) in [4.78, 5) is 17.4. The molecule has 1 unspecified atom stereocenters. The molecule has 2 fully saturated rings. The van der Waals surface area contributed by atoms with Crippen molar-refractivity contribution in [3.05, 3.63) is 58.1 Å². The van der Waals surface area contributed by atoms with Crippen LogP contribution in [0.15, 0.2) is 36.4 Å². The molecule has 31 heavy (non-hydrogen) atoms. The van der Waals surface area contributed by atoms with Gasteiger partial charge in [0.1, 0.15) is 11.5 Å². The number of carbonyl (C=O) groups is 1. The number of amides is 1. The summed E-state index contributed by atoms with van der Waals surface area (Å²) in [7, 11) is 1.78. The van der Waals surface area contributed by atoms with Gasteiger partial charge in [0.15, 0.2) is 0 Å². The Morgan fingerprint density at radius 2 is 1.87 bits per heavy atom. The van der Waals surface area contributed by atoms with Crippen molar-refractivity contribution in [1.29, 1.82) is 0 Å².